The molecular weight excluding hydrogens is 1110 g/mol. The Hall–Kier alpha value is -10.2. The average Bonchev–Trinajstić information content (AvgIpc) is 2.24. The van der Waals surface area contributed by atoms with Crippen molar-refractivity contribution in [2.75, 3.05) is 19.6 Å². The fourth-order valence-corrected chi connectivity index (χ4v) is 12.1. The Bertz CT molecular complexity index is 3510. The third kappa shape index (κ3) is 16.4. The van der Waals surface area contributed by atoms with Crippen LogP contribution in [0.2, 0.25) is 0 Å². The van der Waals surface area contributed by atoms with Gasteiger partial charge in [-0.25, -0.2) is 0 Å². The van der Waals surface area contributed by atoms with Crippen molar-refractivity contribution >= 4 is 68.2 Å². The number of unbranched alkanes of at least 4 members (excludes halogenated alkanes) is 4. The first-order valence-corrected chi connectivity index (χ1v) is 33.6. The van der Waals surface area contributed by atoms with Crippen LogP contribution in [0.1, 0.15) is 101 Å². The highest BCUT2D eigenvalue weighted by Crippen LogP contribution is 2.41. The molecule has 460 valence electrons. The fourth-order valence-electron chi connectivity index (χ4n) is 12.1. The van der Waals surface area contributed by atoms with Crippen LogP contribution < -0.4 is 19.6 Å². The number of anilines is 12. The van der Waals surface area contributed by atoms with Crippen LogP contribution >= 0.6 is 0 Å². The van der Waals surface area contributed by atoms with Gasteiger partial charge in [0.2, 0.25) is 0 Å². The maximum absolute atomic E-state index is 2.34. The van der Waals surface area contributed by atoms with Crippen molar-refractivity contribution < 1.29 is 0 Å². The van der Waals surface area contributed by atoms with E-state index in [1.165, 1.54) is 119 Å². The van der Waals surface area contributed by atoms with Crippen molar-refractivity contribution in [3.8, 4) is 22.3 Å². The van der Waals surface area contributed by atoms with E-state index in [-0.39, 0.29) is 0 Å². The predicted octanol–water partition coefficient (Wildman–Crippen LogP) is 26.0. The number of hydrogen-bond donors (Lipinski definition) is 0. The molecule has 12 aromatic rings. The molecule has 0 spiro atoms. The van der Waals surface area contributed by atoms with Crippen molar-refractivity contribution in [3.05, 3.63) is 338 Å². The van der Waals surface area contributed by atoms with Crippen LogP contribution in [0.4, 0.5) is 68.2 Å². The number of para-hydroxylation sites is 4. The minimum absolute atomic E-state index is 1.13. The summed E-state index contributed by atoms with van der Waals surface area (Å²) in [4.78, 5) is 9.34. The molecule has 0 aliphatic rings. The van der Waals surface area contributed by atoms with Gasteiger partial charge in [-0.1, -0.05) is 223 Å². The van der Waals surface area contributed by atoms with Gasteiger partial charge in [0.15, 0.2) is 0 Å². The van der Waals surface area contributed by atoms with E-state index in [0.29, 0.717) is 0 Å². The smallest absolute Gasteiger partial charge is 0.0462 e. The van der Waals surface area contributed by atoms with Crippen LogP contribution in [0.5, 0.6) is 0 Å². The molecule has 0 unspecified atom stereocenters. The monoisotopic (exact) mass is 1200 g/mol. The van der Waals surface area contributed by atoms with Crippen molar-refractivity contribution in [3.63, 3.8) is 0 Å². The van der Waals surface area contributed by atoms with E-state index in [9.17, 15) is 0 Å². The van der Waals surface area contributed by atoms with Gasteiger partial charge in [-0.3, -0.25) is 0 Å². The van der Waals surface area contributed by atoms with Crippen LogP contribution in [0.15, 0.2) is 315 Å². The molecule has 0 atom stereocenters. The van der Waals surface area contributed by atoms with Crippen LogP contribution in [-0.4, -0.2) is 0 Å². The fraction of sp³-hybridized carbons (Fsp3) is 0.182. The molecule has 0 N–H and O–H groups in total. The summed E-state index contributed by atoms with van der Waals surface area (Å²) in [5.41, 5.74) is 24.2. The summed E-state index contributed by atoms with van der Waals surface area (Å²) in [6.07, 6.45) is 14.3. The van der Waals surface area contributed by atoms with Gasteiger partial charge in [0.05, 0.1) is 0 Å². The molecule has 0 radical (unpaired) electrons. The van der Waals surface area contributed by atoms with E-state index in [2.05, 4.69) is 363 Å². The third-order valence-electron chi connectivity index (χ3n) is 17.3. The van der Waals surface area contributed by atoms with Gasteiger partial charge in [0.1, 0.15) is 0 Å². The standard InChI is InChI=1S/2C44H44N2/c2*1-3-5-13-35-19-27-41(28-20-35)45(39-15-9-7-10-16-39)43-31-23-37(24-32-43)38-25-33-44(34-26-38)46(40-17-11-8-12-18-40)42-29-21-36(22-30-42)14-6-4-2/h2*7-12,15-34H,3-6,13-14H2,1-2H3. The average molecular weight is 1200 g/mol. The zero-order valence-corrected chi connectivity index (χ0v) is 54.3. The zero-order valence-electron chi connectivity index (χ0n) is 54.3. The topological polar surface area (TPSA) is 13.0 Å². The first kappa shape index (κ1) is 63.4. The number of rotatable bonds is 26. The largest absolute Gasteiger partial charge is 0.311 e. The second kappa shape index (κ2) is 32.5. The summed E-state index contributed by atoms with van der Waals surface area (Å²) in [6.45, 7) is 8.99. The van der Waals surface area contributed by atoms with E-state index in [1.54, 1.807) is 0 Å². The van der Waals surface area contributed by atoms with Crippen LogP contribution in [0, 0.1) is 0 Å². The lowest BCUT2D eigenvalue weighted by atomic mass is 10.0. The Labute approximate surface area is 549 Å². The quantitative estimate of drug-likeness (QED) is 0.0536. The molecule has 0 aliphatic carbocycles. The highest BCUT2D eigenvalue weighted by Gasteiger charge is 2.18. The zero-order chi connectivity index (χ0) is 63.1. The molecule has 12 aromatic carbocycles. The molecule has 0 saturated heterocycles. The van der Waals surface area contributed by atoms with Gasteiger partial charge in [0.25, 0.3) is 0 Å². The van der Waals surface area contributed by atoms with Crippen molar-refractivity contribution in [1.82, 2.24) is 0 Å². The molecular formula is C88H88N4. The summed E-state index contributed by atoms with van der Waals surface area (Å²) in [6, 6.07) is 114. The van der Waals surface area contributed by atoms with Gasteiger partial charge >= 0.3 is 0 Å². The van der Waals surface area contributed by atoms with Crippen molar-refractivity contribution in [2.45, 2.75) is 105 Å². The Kier molecular flexibility index (Phi) is 22.4. The van der Waals surface area contributed by atoms with Crippen LogP contribution in [-0.2, 0) is 25.7 Å². The molecule has 12 rings (SSSR count). The first-order chi connectivity index (χ1) is 45.5. The van der Waals surface area contributed by atoms with E-state index in [0.717, 1.165) is 71.2 Å². The molecule has 0 fully saturated rings. The van der Waals surface area contributed by atoms with Gasteiger partial charge in [-0.05, 0) is 241 Å². The van der Waals surface area contributed by atoms with Gasteiger partial charge in [0, 0.05) is 68.2 Å². The molecule has 0 aliphatic heterocycles. The summed E-state index contributed by atoms with van der Waals surface area (Å²) in [7, 11) is 0. The summed E-state index contributed by atoms with van der Waals surface area (Å²) >= 11 is 0. The molecule has 0 aromatic heterocycles. The minimum Gasteiger partial charge on any atom is -0.311 e. The second-order valence-electron chi connectivity index (χ2n) is 24.0. The van der Waals surface area contributed by atoms with E-state index in [4.69, 9.17) is 0 Å². The van der Waals surface area contributed by atoms with E-state index < -0.39 is 0 Å². The maximum Gasteiger partial charge on any atom is 0.0462 e. The Morgan fingerprint density at radius 3 is 0.457 bits per heavy atom. The van der Waals surface area contributed by atoms with Crippen LogP contribution in [0.25, 0.3) is 22.3 Å². The molecule has 0 amide bonds. The van der Waals surface area contributed by atoms with Gasteiger partial charge < -0.3 is 19.6 Å². The second-order valence-corrected chi connectivity index (χ2v) is 24.0. The highest BCUT2D eigenvalue weighted by molar-refractivity contribution is 5.83. The predicted molar refractivity (Wildman–Crippen MR) is 397 cm³/mol. The summed E-state index contributed by atoms with van der Waals surface area (Å²) in [5, 5.41) is 0. The Balaban J connectivity index is 0.000000188. The molecule has 92 heavy (non-hydrogen) atoms. The molecule has 4 heteroatoms. The maximum atomic E-state index is 2.34. The molecule has 0 heterocycles. The Morgan fingerprint density at radius 1 is 0.163 bits per heavy atom. The third-order valence-corrected chi connectivity index (χ3v) is 17.3. The Morgan fingerprint density at radius 2 is 0.304 bits per heavy atom. The van der Waals surface area contributed by atoms with Crippen molar-refractivity contribution in [1.29, 1.82) is 0 Å². The lowest BCUT2D eigenvalue weighted by molar-refractivity contribution is 0.795. The normalized spacial score (nSPS) is 10.9. The minimum atomic E-state index is 1.13. The lowest BCUT2D eigenvalue weighted by Crippen LogP contribution is -2.10. The van der Waals surface area contributed by atoms with E-state index in [1.807, 2.05) is 0 Å². The van der Waals surface area contributed by atoms with Gasteiger partial charge in [-0.15, -0.1) is 0 Å². The number of aryl methyl sites for hydroxylation is 4. The molecule has 4 nitrogen and oxygen atoms in total. The van der Waals surface area contributed by atoms with Crippen LogP contribution in [0.3, 0.4) is 0 Å². The summed E-state index contributed by atoms with van der Waals surface area (Å²) in [5.74, 6) is 0. The molecule has 0 saturated carbocycles. The lowest BCUT2D eigenvalue weighted by Gasteiger charge is -2.26. The summed E-state index contributed by atoms with van der Waals surface area (Å²) < 4.78 is 0. The first-order valence-electron chi connectivity index (χ1n) is 33.6. The SMILES string of the molecule is CCCCc1ccc(N(c2ccccc2)c2ccc(-c3ccc(N(c4ccccc4)c4ccc(CCCC)cc4)cc3)cc2)cc1.CCCCc1ccc(N(c2ccccc2)c2ccc(-c3ccc(N(c4ccccc4)c4ccc(CCCC)cc4)cc3)cc2)cc1. The number of hydrogen-bond acceptors (Lipinski definition) is 4. The molecule has 0 bridgehead atoms. The van der Waals surface area contributed by atoms with E-state index >= 15 is 0 Å². The number of benzene rings is 12. The number of nitrogens with zero attached hydrogens (tertiary/aromatic N) is 4. The van der Waals surface area contributed by atoms with Crippen molar-refractivity contribution in [2.24, 2.45) is 0 Å². The van der Waals surface area contributed by atoms with Gasteiger partial charge in [-0.2, -0.15) is 0 Å². The highest BCUT2D eigenvalue weighted by atomic mass is 15.2.